The van der Waals surface area contributed by atoms with Gasteiger partial charge in [-0.15, -0.1) is 0 Å². The number of fused-ring (bicyclic) bond motifs is 1. The van der Waals surface area contributed by atoms with E-state index in [1.807, 2.05) is 30.0 Å². The molecule has 0 saturated heterocycles. The van der Waals surface area contributed by atoms with E-state index < -0.39 is 0 Å². The topological polar surface area (TPSA) is 54.7 Å². The van der Waals surface area contributed by atoms with E-state index >= 15 is 0 Å². The summed E-state index contributed by atoms with van der Waals surface area (Å²) in [4.78, 5) is 0. The number of nitrogens with two attached hydrogens (primary N) is 1. The van der Waals surface area contributed by atoms with Crippen molar-refractivity contribution >= 4 is 17.4 Å². The summed E-state index contributed by atoms with van der Waals surface area (Å²) in [5.74, 6) is 2.24. The number of nitrogens with one attached hydrogen (secondary N) is 1. The molecule has 4 heteroatoms. The fraction of sp³-hybridized carbons (Fsp3) is 0.250. The Morgan fingerprint density at radius 2 is 2.31 bits per heavy atom. The molecule has 1 aliphatic heterocycles. The second-order valence-corrected chi connectivity index (χ2v) is 5.06. The molecule has 0 amide bonds. The lowest BCUT2D eigenvalue weighted by atomic mass is 10.1. The number of hydrogen-bond acceptors (Lipinski definition) is 3. The van der Waals surface area contributed by atoms with Crippen molar-refractivity contribution < 1.29 is 0 Å². The van der Waals surface area contributed by atoms with E-state index in [4.69, 9.17) is 5.73 Å². The molecule has 0 aliphatic carbocycles. The smallest absolute Gasteiger partial charge is 0.0964 e. The van der Waals surface area contributed by atoms with Crippen molar-refractivity contribution in [2.75, 3.05) is 11.5 Å². The van der Waals surface area contributed by atoms with Crippen molar-refractivity contribution in [1.82, 2.24) is 10.2 Å². The fourth-order valence-corrected chi connectivity index (χ4v) is 3.04. The van der Waals surface area contributed by atoms with Gasteiger partial charge in [-0.25, -0.2) is 0 Å². The highest BCUT2D eigenvalue weighted by atomic mass is 32.2. The molecule has 0 bridgehead atoms. The lowest BCUT2D eigenvalue weighted by Gasteiger charge is -2.11. The molecule has 0 spiro atoms. The van der Waals surface area contributed by atoms with E-state index in [9.17, 15) is 0 Å². The fourth-order valence-electron chi connectivity index (χ4n) is 2.04. The van der Waals surface area contributed by atoms with Crippen molar-refractivity contribution in [3.8, 4) is 11.3 Å². The van der Waals surface area contributed by atoms with Crippen LogP contribution in [0.1, 0.15) is 11.3 Å². The van der Waals surface area contributed by atoms with E-state index in [1.54, 1.807) is 0 Å². The maximum absolute atomic E-state index is 5.80. The predicted octanol–water partition coefficient (Wildman–Crippen LogP) is 2.45. The van der Waals surface area contributed by atoms with Gasteiger partial charge in [-0.2, -0.15) is 16.9 Å². The molecule has 2 aromatic rings. The summed E-state index contributed by atoms with van der Waals surface area (Å²) in [5.41, 5.74) is 11.4. The van der Waals surface area contributed by atoms with Crippen LogP contribution in [0.15, 0.2) is 24.3 Å². The zero-order valence-electron chi connectivity index (χ0n) is 8.86. The van der Waals surface area contributed by atoms with Crippen LogP contribution in [0.5, 0.6) is 0 Å². The Labute approximate surface area is 98.4 Å². The van der Waals surface area contributed by atoms with Crippen LogP contribution in [-0.4, -0.2) is 16.0 Å². The first-order chi connectivity index (χ1) is 7.84. The van der Waals surface area contributed by atoms with Crippen LogP contribution in [-0.2, 0) is 12.2 Å². The standard InChI is InChI=1S/C12H13N3S/c13-9-3-1-2-8(6-9)12-10-7-16-5-4-11(10)14-15-12/h1-3,6H,4-5,7,13H2,(H,14,15). The number of thioether (sulfide) groups is 1. The molecule has 2 heterocycles. The Hall–Kier alpha value is -1.42. The van der Waals surface area contributed by atoms with Crippen LogP contribution in [0.25, 0.3) is 11.3 Å². The quantitative estimate of drug-likeness (QED) is 0.741. The molecule has 3 rings (SSSR count). The van der Waals surface area contributed by atoms with Crippen LogP contribution < -0.4 is 5.73 Å². The number of hydrogen-bond donors (Lipinski definition) is 2. The maximum Gasteiger partial charge on any atom is 0.0964 e. The Balaban J connectivity index is 2.09. The van der Waals surface area contributed by atoms with Crippen LogP contribution in [0.4, 0.5) is 5.69 Å². The first-order valence-corrected chi connectivity index (χ1v) is 6.50. The van der Waals surface area contributed by atoms with Crippen molar-refractivity contribution in [1.29, 1.82) is 0 Å². The molecule has 16 heavy (non-hydrogen) atoms. The van der Waals surface area contributed by atoms with Crippen molar-refractivity contribution in [2.45, 2.75) is 12.2 Å². The van der Waals surface area contributed by atoms with Gasteiger partial charge >= 0.3 is 0 Å². The van der Waals surface area contributed by atoms with Gasteiger partial charge in [0.2, 0.25) is 0 Å². The third-order valence-electron chi connectivity index (χ3n) is 2.86. The van der Waals surface area contributed by atoms with Gasteiger partial charge < -0.3 is 5.73 Å². The third kappa shape index (κ3) is 1.59. The average molecular weight is 231 g/mol. The normalized spacial score (nSPS) is 14.8. The van der Waals surface area contributed by atoms with Crippen LogP contribution in [0, 0.1) is 0 Å². The monoisotopic (exact) mass is 231 g/mol. The van der Waals surface area contributed by atoms with E-state index in [0.29, 0.717) is 0 Å². The summed E-state index contributed by atoms with van der Waals surface area (Å²) in [5, 5.41) is 7.56. The molecule has 0 fully saturated rings. The summed E-state index contributed by atoms with van der Waals surface area (Å²) >= 11 is 1.96. The van der Waals surface area contributed by atoms with Gasteiger partial charge in [0, 0.05) is 28.3 Å². The minimum atomic E-state index is 0.790. The molecule has 0 unspecified atom stereocenters. The molecular formula is C12H13N3S. The predicted molar refractivity (Wildman–Crippen MR) is 68.3 cm³/mol. The molecule has 1 aromatic heterocycles. The van der Waals surface area contributed by atoms with Gasteiger partial charge in [0.25, 0.3) is 0 Å². The average Bonchev–Trinajstić information content (AvgIpc) is 2.72. The summed E-state index contributed by atoms with van der Waals surface area (Å²) in [6.45, 7) is 0. The highest BCUT2D eigenvalue weighted by molar-refractivity contribution is 7.98. The number of aromatic amines is 1. The van der Waals surface area contributed by atoms with Gasteiger partial charge in [-0.3, -0.25) is 5.10 Å². The number of H-pyrrole nitrogens is 1. The van der Waals surface area contributed by atoms with Gasteiger partial charge in [0.1, 0.15) is 0 Å². The molecule has 3 nitrogen and oxygen atoms in total. The molecule has 1 aromatic carbocycles. The second kappa shape index (κ2) is 3.87. The molecule has 1 aliphatic rings. The number of aromatic nitrogens is 2. The minimum Gasteiger partial charge on any atom is -0.399 e. The van der Waals surface area contributed by atoms with E-state index in [0.717, 1.165) is 29.1 Å². The summed E-state index contributed by atoms with van der Waals surface area (Å²) in [6.07, 6.45) is 1.09. The molecule has 0 atom stereocenters. The summed E-state index contributed by atoms with van der Waals surface area (Å²) in [7, 11) is 0. The number of anilines is 1. The number of aryl methyl sites for hydroxylation is 1. The number of nitrogens with zero attached hydrogens (tertiary/aromatic N) is 1. The first-order valence-electron chi connectivity index (χ1n) is 5.34. The van der Waals surface area contributed by atoms with Gasteiger partial charge in [-0.05, 0) is 24.3 Å². The van der Waals surface area contributed by atoms with Crippen LogP contribution in [0.2, 0.25) is 0 Å². The second-order valence-electron chi connectivity index (χ2n) is 3.96. The van der Waals surface area contributed by atoms with Gasteiger partial charge in [-0.1, -0.05) is 12.1 Å². The zero-order valence-corrected chi connectivity index (χ0v) is 9.68. The SMILES string of the molecule is Nc1cccc(-c2n[nH]c3c2CSCC3)c1. The van der Waals surface area contributed by atoms with Crippen molar-refractivity contribution in [3.05, 3.63) is 35.5 Å². The minimum absolute atomic E-state index is 0.790. The lowest BCUT2D eigenvalue weighted by Crippen LogP contribution is -2.00. The van der Waals surface area contributed by atoms with Crippen LogP contribution in [0.3, 0.4) is 0 Å². The van der Waals surface area contributed by atoms with Crippen molar-refractivity contribution in [3.63, 3.8) is 0 Å². The van der Waals surface area contributed by atoms with Crippen LogP contribution >= 0.6 is 11.8 Å². The van der Waals surface area contributed by atoms with E-state index in [1.165, 1.54) is 17.0 Å². The highest BCUT2D eigenvalue weighted by Gasteiger charge is 2.17. The third-order valence-corrected chi connectivity index (χ3v) is 3.84. The Bertz CT molecular complexity index is 519. The summed E-state index contributed by atoms with van der Waals surface area (Å²) in [6, 6.07) is 7.92. The van der Waals surface area contributed by atoms with E-state index in [2.05, 4.69) is 16.3 Å². The van der Waals surface area contributed by atoms with Gasteiger partial charge in [0.15, 0.2) is 0 Å². The molecule has 3 N–H and O–H groups in total. The Kier molecular flexibility index (Phi) is 2.36. The highest BCUT2D eigenvalue weighted by Crippen LogP contribution is 2.32. The molecule has 0 saturated carbocycles. The number of nitrogen functional groups attached to an aromatic ring is 1. The maximum atomic E-state index is 5.80. The Morgan fingerprint density at radius 1 is 1.38 bits per heavy atom. The first kappa shape index (κ1) is 9.78. The van der Waals surface area contributed by atoms with Crippen molar-refractivity contribution in [2.24, 2.45) is 0 Å². The molecular weight excluding hydrogens is 218 g/mol. The zero-order chi connectivity index (χ0) is 11.0. The van der Waals surface area contributed by atoms with E-state index in [-0.39, 0.29) is 0 Å². The largest absolute Gasteiger partial charge is 0.399 e. The van der Waals surface area contributed by atoms with Gasteiger partial charge in [0.05, 0.1) is 5.69 Å². The molecule has 0 radical (unpaired) electrons. The number of benzene rings is 1. The summed E-state index contributed by atoms with van der Waals surface area (Å²) < 4.78 is 0. The lowest BCUT2D eigenvalue weighted by molar-refractivity contribution is 0.966. The number of rotatable bonds is 1. The Morgan fingerprint density at radius 3 is 3.19 bits per heavy atom. The molecule has 82 valence electrons.